The molecule has 3 rings (SSSR count). The van der Waals surface area contributed by atoms with E-state index in [0.717, 1.165) is 16.4 Å². The van der Waals surface area contributed by atoms with Gasteiger partial charge in [-0.15, -0.1) is 13.2 Å². The fourth-order valence-corrected chi connectivity index (χ4v) is 4.91. The highest BCUT2D eigenvalue weighted by atomic mass is 32.2. The number of methoxy groups -OCH3 is 1. The molecule has 1 heterocycles. The Labute approximate surface area is 171 Å². The molecule has 0 spiro atoms. The van der Waals surface area contributed by atoms with Crippen molar-refractivity contribution in [2.24, 2.45) is 0 Å². The molecule has 1 amide bonds. The normalized spacial score (nSPS) is 20.6. The van der Waals surface area contributed by atoms with E-state index in [1.54, 1.807) is 24.3 Å². The Bertz CT molecular complexity index is 1020. The molecule has 0 saturated carbocycles. The highest BCUT2D eigenvalue weighted by molar-refractivity contribution is 7.95. The van der Waals surface area contributed by atoms with Gasteiger partial charge in [-0.1, -0.05) is 0 Å². The van der Waals surface area contributed by atoms with Crippen LogP contribution in [0, 0.1) is 0 Å². The van der Waals surface area contributed by atoms with E-state index in [1.807, 2.05) is 0 Å². The smallest absolute Gasteiger partial charge is 0.497 e. The van der Waals surface area contributed by atoms with Gasteiger partial charge in [0, 0.05) is 12.2 Å². The van der Waals surface area contributed by atoms with Gasteiger partial charge in [0.05, 0.1) is 12.8 Å². The van der Waals surface area contributed by atoms with Crippen LogP contribution in [0.15, 0.2) is 48.5 Å². The molecule has 0 bridgehead atoms. The first-order valence-electron chi connectivity index (χ1n) is 8.80. The summed E-state index contributed by atoms with van der Waals surface area (Å²) in [6.45, 7) is 1.43. The Hall–Kier alpha value is -2.95. The van der Waals surface area contributed by atoms with Crippen molar-refractivity contribution in [3.05, 3.63) is 48.5 Å². The second-order valence-corrected chi connectivity index (χ2v) is 9.07. The summed E-state index contributed by atoms with van der Waals surface area (Å²) in [5, 5.41) is 2.46. The largest absolute Gasteiger partial charge is 0.573 e. The number of benzene rings is 2. The number of halogens is 3. The number of nitrogens with zero attached hydrogens (tertiary/aromatic N) is 1. The minimum absolute atomic E-state index is 0.0441. The van der Waals surface area contributed by atoms with E-state index in [9.17, 15) is 26.4 Å². The molecular formula is C19H19F3N2O5S. The Balaban J connectivity index is 1.76. The number of hydrogen-bond donors (Lipinski definition) is 1. The van der Waals surface area contributed by atoms with Gasteiger partial charge in [0.15, 0.2) is 4.75 Å². The predicted octanol–water partition coefficient (Wildman–Crippen LogP) is 3.53. The summed E-state index contributed by atoms with van der Waals surface area (Å²) in [5.41, 5.74) is 0.551. The van der Waals surface area contributed by atoms with Crippen LogP contribution in [0.3, 0.4) is 0 Å². The van der Waals surface area contributed by atoms with E-state index < -0.39 is 32.8 Å². The number of rotatable bonds is 5. The van der Waals surface area contributed by atoms with Crippen LogP contribution in [0.25, 0.3) is 0 Å². The standard InChI is InChI=1S/C19H19F3N2O5S/c1-18(17(25)23-13-3-7-16(8-4-13)29-19(20,21)22)11-12-24(30(18,26)27)14-5-9-15(28-2)10-6-14/h3-10H,11-12H2,1-2H3,(H,23,25)/t18-/m1/s1. The molecule has 1 N–H and O–H groups in total. The number of alkyl halides is 3. The molecule has 0 radical (unpaired) electrons. The number of carbonyl (C=O) groups excluding carboxylic acids is 1. The fraction of sp³-hybridized carbons (Fsp3) is 0.316. The Kier molecular flexibility index (Phi) is 5.59. The maximum Gasteiger partial charge on any atom is 0.573 e. The van der Waals surface area contributed by atoms with Gasteiger partial charge in [0.2, 0.25) is 15.9 Å². The van der Waals surface area contributed by atoms with E-state index in [2.05, 4.69) is 10.1 Å². The van der Waals surface area contributed by atoms with Crippen molar-refractivity contribution in [1.29, 1.82) is 0 Å². The van der Waals surface area contributed by atoms with Crippen LogP contribution < -0.4 is 19.1 Å². The Morgan fingerprint density at radius 2 is 1.63 bits per heavy atom. The molecule has 0 unspecified atom stereocenters. The first kappa shape index (κ1) is 21.8. The lowest BCUT2D eigenvalue weighted by molar-refractivity contribution is -0.274. The monoisotopic (exact) mass is 444 g/mol. The third-order valence-corrected chi connectivity index (χ3v) is 7.34. The van der Waals surface area contributed by atoms with Crippen LogP contribution in [0.1, 0.15) is 13.3 Å². The first-order chi connectivity index (χ1) is 14.0. The lowest BCUT2D eigenvalue weighted by Crippen LogP contribution is -2.47. The van der Waals surface area contributed by atoms with Crippen molar-refractivity contribution in [1.82, 2.24) is 0 Å². The third-order valence-electron chi connectivity index (χ3n) is 4.84. The van der Waals surface area contributed by atoms with Gasteiger partial charge in [-0.25, -0.2) is 8.42 Å². The van der Waals surface area contributed by atoms with Crippen molar-refractivity contribution in [2.45, 2.75) is 24.5 Å². The van der Waals surface area contributed by atoms with Gasteiger partial charge in [-0.3, -0.25) is 9.10 Å². The highest BCUT2D eigenvalue weighted by Gasteiger charge is 2.54. The van der Waals surface area contributed by atoms with E-state index in [4.69, 9.17) is 4.74 Å². The molecule has 2 aromatic carbocycles. The second-order valence-electron chi connectivity index (χ2n) is 6.78. The Morgan fingerprint density at radius 3 is 2.17 bits per heavy atom. The summed E-state index contributed by atoms with van der Waals surface area (Å²) in [7, 11) is -2.55. The van der Waals surface area contributed by atoms with Gasteiger partial charge >= 0.3 is 6.36 Å². The van der Waals surface area contributed by atoms with Crippen molar-refractivity contribution in [3.8, 4) is 11.5 Å². The number of nitrogens with one attached hydrogen (secondary N) is 1. The third kappa shape index (κ3) is 4.16. The van der Waals surface area contributed by atoms with E-state index in [1.165, 1.54) is 26.2 Å². The van der Waals surface area contributed by atoms with Crippen molar-refractivity contribution < 1.29 is 35.9 Å². The minimum Gasteiger partial charge on any atom is -0.497 e. The molecule has 1 aliphatic heterocycles. The molecule has 1 atom stereocenters. The SMILES string of the molecule is COc1ccc(N2CC[C@](C)(C(=O)Nc3ccc(OC(F)(F)F)cc3)S2(=O)=O)cc1. The Morgan fingerprint density at radius 1 is 1.07 bits per heavy atom. The van der Waals surface area contributed by atoms with Crippen molar-refractivity contribution in [2.75, 3.05) is 23.3 Å². The summed E-state index contributed by atoms with van der Waals surface area (Å²) in [4.78, 5) is 12.8. The highest BCUT2D eigenvalue weighted by Crippen LogP contribution is 2.38. The molecule has 1 saturated heterocycles. The van der Waals surface area contributed by atoms with E-state index >= 15 is 0 Å². The van der Waals surface area contributed by atoms with E-state index in [0.29, 0.717) is 11.4 Å². The lowest BCUT2D eigenvalue weighted by Gasteiger charge is -2.25. The molecule has 2 aromatic rings. The molecule has 7 nitrogen and oxygen atoms in total. The second kappa shape index (κ2) is 7.71. The van der Waals surface area contributed by atoms with Crippen molar-refractivity contribution >= 4 is 27.3 Å². The molecule has 162 valence electrons. The maximum absolute atomic E-state index is 13.1. The van der Waals surface area contributed by atoms with E-state index in [-0.39, 0.29) is 18.7 Å². The van der Waals surface area contributed by atoms with Gasteiger partial charge in [0.25, 0.3) is 0 Å². The molecule has 30 heavy (non-hydrogen) atoms. The molecule has 11 heteroatoms. The van der Waals surface area contributed by atoms with Crippen LogP contribution in [-0.2, 0) is 14.8 Å². The van der Waals surface area contributed by atoms with Gasteiger partial charge < -0.3 is 14.8 Å². The van der Waals surface area contributed by atoms with Crippen LogP contribution in [-0.4, -0.2) is 39.1 Å². The van der Waals surface area contributed by atoms with Crippen LogP contribution in [0.2, 0.25) is 0 Å². The molecule has 0 aliphatic carbocycles. The quantitative estimate of drug-likeness (QED) is 0.763. The number of ether oxygens (including phenoxy) is 2. The molecule has 0 aromatic heterocycles. The zero-order valence-electron chi connectivity index (χ0n) is 16.1. The lowest BCUT2D eigenvalue weighted by atomic mass is 10.1. The van der Waals surface area contributed by atoms with Crippen LogP contribution in [0.5, 0.6) is 11.5 Å². The predicted molar refractivity (Wildman–Crippen MR) is 104 cm³/mol. The van der Waals surface area contributed by atoms with Crippen molar-refractivity contribution in [3.63, 3.8) is 0 Å². The topological polar surface area (TPSA) is 84.9 Å². The number of carbonyl (C=O) groups is 1. The summed E-state index contributed by atoms with van der Waals surface area (Å²) >= 11 is 0. The van der Waals surface area contributed by atoms with Gasteiger partial charge in [-0.2, -0.15) is 0 Å². The number of amides is 1. The molecule has 1 fully saturated rings. The zero-order valence-corrected chi connectivity index (χ0v) is 16.9. The number of sulfonamides is 1. The fourth-order valence-electron chi connectivity index (χ4n) is 3.06. The summed E-state index contributed by atoms with van der Waals surface area (Å²) in [5.74, 6) is -0.664. The average molecular weight is 444 g/mol. The minimum atomic E-state index is -4.83. The molecular weight excluding hydrogens is 425 g/mol. The summed E-state index contributed by atoms with van der Waals surface area (Å²) in [6.07, 6.45) is -4.79. The zero-order chi connectivity index (χ0) is 22.2. The van der Waals surface area contributed by atoms with Gasteiger partial charge in [0.1, 0.15) is 11.5 Å². The first-order valence-corrected chi connectivity index (χ1v) is 10.2. The van der Waals surface area contributed by atoms with Gasteiger partial charge in [-0.05, 0) is 61.9 Å². The number of hydrogen-bond acceptors (Lipinski definition) is 5. The average Bonchev–Trinajstić information content (AvgIpc) is 2.92. The summed E-state index contributed by atoms with van der Waals surface area (Å²) in [6, 6.07) is 10.8. The van der Waals surface area contributed by atoms with Crippen LogP contribution >= 0.6 is 0 Å². The molecule has 1 aliphatic rings. The summed E-state index contributed by atoms with van der Waals surface area (Å²) < 4.78 is 71.2. The van der Waals surface area contributed by atoms with Crippen LogP contribution in [0.4, 0.5) is 24.5 Å². The number of anilines is 2. The maximum atomic E-state index is 13.1.